The molecular formula is C29H52N2O9. The lowest BCUT2D eigenvalue weighted by Gasteiger charge is -2.28. The standard InChI is InChI=1S/C29H52N2O9/c1-6-7-8-9-10-11-12-17-39-19-23(33)40-20-13-14-21(27(36)30-18-20)31-28(37)26(38-5)25(35)24(34)22(32)15-16-29(2,3)4/h15-16,20-22,24-26,32,34-35H,6-14,17-19H2,1-5H3,(H,30,36)(H,31,37)/b16-15+. The molecule has 2 amide bonds. The number of hydrogen-bond donors (Lipinski definition) is 5. The van der Waals surface area contributed by atoms with E-state index in [1.54, 1.807) is 6.08 Å². The number of amides is 2. The number of aliphatic hydroxyl groups is 3. The largest absolute Gasteiger partial charge is 0.459 e. The van der Waals surface area contributed by atoms with Crippen LogP contribution in [0.4, 0.5) is 0 Å². The molecule has 1 saturated heterocycles. The number of aliphatic hydroxyl groups excluding tert-OH is 3. The van der Waals surface area contributed by atoms with Gasteiger partial charge in [0.1, 0.15) is 37.1 Å². The molecule has 6 unspecified atom stereocenters. The minimum atomic E-state index is -1.76. The smallest absolute Gasteiger partial charge is 0.332 e. The van der Waals surface area contributed by atoms with Crippen LogP contribution in [-0.4, -0.2) is 96.5 Å². The number of methoxy groups -OCH3 is 1. The highest BCUT2D eigenvalue weighted by atomic mass is 16.6. The van der Waals surface area contributed by atoms with E-state index in [2.05, 4.69) is 17.6 Å². The van der Waals surface area contributed by atoms with Crippen LogP contribution in [0.1, 0.15) is 85.5 Å². The molecule has 1 rings (SSSR count). The van der Waals surface area contributed by atoms with Gasteiger partial charge in [0.05, 0.1) is 6.54 Å². The lowest BCUT2D eigenvalue weighted by molar-refractivity contribution is -0.154. The fourth-order valence-corrected chi connectivity index (χ4v) is 4.24. The maximum Gasteiger partial charge on any atom is 0.332 e. The van der Waals surface area contributed by atoms with Crippen molar-refractivity contribution in [3.8, 4) is 0 Å². The predicted molar refractivity (Wildman–Crippen MR) is 150 cm³/mol. The van der Waals surface area contributed by atoms with Gasteiger partial charge < -0.3 is 40.2 Å². The van der Waals surface area contributed by atoms with Gasteiger partial charge in [0.15, 0.2) is 6.10 Å². The Morgan fingerprint density at radius 3 is 2.33 bits per heavy atom. The van der Waals surface area contributed by atoms with Gasteiger partial charge in [-0.2, -0.15) is 0 Å². The summed E-state index contributed by atoms with van der Waals surface area (Å²) < 4.78 is 15.9. The number of nitrogens with one attached hydrogen (secondary N) is 2. The quantitative estimate of drug-likeness (QED) is 0.0935. The van der Waals surface area contributed by atoms with Crippen molar-refractivity contribution in [2.45, 2.75) is 122 Å². The van der Waals surface area contributed by atoms with Gasteiger partial charge in [0, 0.05) is 13.7 Å². The van der Waals surface area contributed by atoms with E-state index in [-0.39, 0.29) is 25.0 Å². The molecule has 5 N–H and O–H groups in total. The molecule has 40 heavy (non-hydrogen) atoms. The van der Waals surface area contributed by atoms with Crippen LogP contribution in [0.5, 0.6) is 0 Å². The number of unbranched alkanes of at least 4 members (excludes halogenated alkanes) is 6. The van der Waals surface area contributed by atoms with Crippen LogP contribution >= 0.6 is 0 Å². The molecule has 0 aromatic heterocycles. The van der Waals surface area contributed by atoms with E-state index in [0.717, 1.165) is 19.3 Å². The van der Waals surface area contributed by atoms with Gasteiger partial charge in [-0.3, -0.25) is 9.59 Å². The lowest BCUT2D eigenvalue weighted by Crippen LogP contribution is -2.55. The summed E-state index contributed by atoms with van der Waals surface area (Å²) in [6.07, 6.45) is 4.59. The summed E-state index contributed by atoms with van der Waals surface area (Å²) in [7, 11) is 1.18. The number of rotatable bonds is 18. The monoisotopic (exact) mass is 572 g/mol. The van der Waals surface area contributed by atoms with Gasteiger partial charge in [-0.25, -0.2) is 4.79 Å². The van der Waals surface area contributed by atoms with E-state index in [4.69, 9.17) is 14.2 Å². The zero-order valence-corrected chi connectivity index (χ0v) is 24.9. The first-order valence-corrected chi connectivity index (χ1v) is 14.5. The van der Waals surface area contributed by atoms with Gasteiger partial charge >= 0.3 is 5.97 Å². The lowest BCUT2D eigenvalue weighted by atomic mass is 9.94. The minimum Gasteiger partial charge on any atom is -0.459 e. The number of allylic oxidation sites excluding steroid dienone is 1. The number of ether oxygens (including phenoxy) is 3. The van der Waals surface area contributed by atoms with E-state index in [1.165, 1.54) is 38.9 Å². The Balaban J connectivity index is 2.48. The molecular weight excluding hydrogens is 520 g/mol. The first-order chi connectivity index (χ1) is 18.9. The number of carbonyl (C=O) groups is 3. The average molecular weight is 573 g/mol. The van der Waals surface area contributed by atoms with Crippen LogP contribution in [-0.2, 0) is 28.6 Å². The Morgan fingerprint density at radius 2 is 1.70 bits per heavy atom. The summed E-state index contributed by atoms with van der Waals surface area (Å²) in [4.78, 5) is 37.5. The molecule has 11 nitrogen and oxygen atoms in total. The topological polar surface area (TPSA) is 164 Å². The molecule has 0 saturated carbocycles. The molecule has 1 heterocycles. The van der Waals surface area contributed by atoms with E-state index >= 15 is 0 Å². The van der Waals surface area contributed by atoms with Crippen molar-refractivity contribution in [3.63, 3.8) is 0 Å². The Bertz CT molecular complexity index is 784. The molecule has 11 heteroatoms. The molecule has 0 aliphatic carbocycles. The van der Waals surface area contributed by atoms with E-state index < -0.39 is 54.3 Å². The third kappa shape index (κ3) is 14.5. The minimum absolute atomic E-state index is 0.0933. The van der Waals surface area contributed by atoms with Crippen molar-refractivity contribution in [1.82, 2.24) is 10.6 Å². The molecule has 232 valence electrons. The van der Waals surface area contributed by atoms with Gasteiger partial charge in [0.2, 0.25) is 5.91 Å². The Hall–Kier alpha value is -2.05. The van der Waals surface area contributed by atoms with Crippen molar-refractivity contribution in [1.29, 1.82) is 0 Å². The second-order valence-electron chi connectivity index (χ2n) is 11.5. The summed E-state index contributed by atoms with van der Waals surface area (Å²) in [6.45, 7) is 8.32. The Morgan fingerprint density at radius 1 is 1.05 bits per heavy atom. The molecule has 0 bridgehead atoms. The van der Waals surface area contributed by atoms with Crippen LogP contribution in [0.25, 0.3) is 0 Å². The van der Waals surface area contributed by atoms with Crippen LogP contribution in [0.3, 0.4) is 0 Å². The molecule has 0 aromatic rings. The van der Waals surface area contributed by atoms with Crippen LogP contribution < -0.4 is 10.6 Å². The summed E-state index contributed by atoms with van der Waals surface area (Å²) in [5.41, 5.74) is -0.261. The molecule has 6 atom stereocenters. The number of hydrogen-bond acceptors (Lipinski definition) is 9. The molecule has 1 aliphatic heterocycles. The molecule has 0 spiro atoms. The Kier molecular flexibility index (Phi) is 17.2. The van der Waals surface area contributed by atoms with E-state index in [9.17, 15) is 29.7 Å². The van der Waals surface area contributed by atoms with Crippen LogP contribution in [0.2, 0.25) is 0 Å². The fraction of sp³-hybridized carbons (Fsp3) is 0.828. The molecule has 0 aromatic carbocycles. The van der Waals surface area contributed by atoms with Crippen molar-refractivity contribution in [2.75, 3.05) is 26.9 Å². The van der Waals surface area contributed by atoms with E-state index in [0.29, 0.717) is 13.0 Å². The normalized spacial score (nSPS) is 21.2. The number of esters is 1. The molecule has 1 aliphatic rings. The van der Waals surface area contributed by atoms with Crippen LogP contribution in [0, 0.1) is 5.41 Å². The second-order valence-corrected chi connectivity index (χ2v) is 11.5. The van der Waals surface area contributed by atoms with Gasteiger partial charge in [-0.15, -0.1) is 0 Å². The summed E-state index contributed by atoms with van der Waals surface area (Å²) in [5.74, 6) is -1.81. The highest BCUT2D eigenvalue weighted by Gasteiger charge is 2.37. The van der Waals surface area contributed by atoms with Gasteiger partial charge in [-0.05, 0) is 24.7 Å². The van der Waals surface area contributed by atoms with E-state index in [1.807, 2.05) is 20.8 Å². The summed E-state index contributed by atoms with van der Waals surface area (Å²) in [6, 6.07) is -0.961. The van der Waals surface area contributed by atoms with Gasteiger partial charge in [-0.1, -0.05) is 78.4 Å². The van der Waals surface area contributed by atoms with Crippen LogP contribution in [0.15, 0.2) is 12.2 Å². The highest BCUT2D eigenvalue weighted by Crippen LogP contribution is 2.17. The van der Waals surface area contributed by atoms with Crippen molar-refractivity contribution in [2.24, 2.45) is 5.41 Å². The SMILES string of the molecule is CCCCCCCCCOCC(=O)OC1CCC(NC(=O)C(OC)C(O)C(O)C(O)/C=C/C(C)(C)C)C(=O)NC1. The zero-order chi connectivity index (χ0) is 30.1. The highest BCUT2D eigenvalue weighted by molar-refractivity contribution is 5.89. The first kappa shape index (κ1) is 36.0. The third-order valence-corrected chi connectivity index (χ3v) is 6.64. The maximum atomic E-state index is 12.8. The van der Waals surface area contributed by atoms with Gasteiger partial charge in [0.25, 0.3) is 5.91 Å². The van der Waals surface area contributed by atoms with Crippen molar-refractivity contribution >= 4 is 17.8 Å². The average Bonchev–Trinajstić information content (AvgIpc) is 3.06. The molecule has 1 fully saturated rings. The number of carbonyl (C=O) groups excluding carboxylic acids is 3. The predicted octanol–water partition coefficient (Wildman–Crippen LogP) is 1.76. The summed E-state index contributed by atoms with van der Waals surface area (Å²) >= 11 is 0. The zero-order valence-electron chi connectivity index (χ0n) is 24.9. The summed E-state index contributed by atoms with van der Waals surface area (Å²) in [5, 5.41) is 36.2. The first-order valence-electron chi connectivity index (χ1n) is 14.5. The Labute approximate surface area is 239 Å². The van der Waals surface area contributed by atoms with Crippen molar-refractivity contribution in [3.05, 3.63) is 12.2 Å². The maximum absolute atomic E-state index is 12.8. The third-order valence-electron chi connectivity index (χ3n) is 6.64. The van der Waals surface area contributed by atoms with Crippen molar-refractivity contribution < 1.29 is 43.9 Å². The second kappa shape index (κ2) is 19.1. The molecule has 0 radical (unpaired) electrons. The fourth-order valence-electron chi connectivity index (χ4n) is 4.24.